The molecule has 5 rings (SSSR count). The van der Waals surface area contributed by atoms with Gasteiger partial charge in [0.15, 0.2) is 0 Å². The Kier molecular flexibility index (Phi) is 5.06. The van der Waals surface area contributed by atoms with Crippen LogP contribution < -0.4 is 4.90 Å². The molecule has 0 amide bonds. The van der Waals surface area contributed by atoms with E-state index in [1.54, 1.807) is 6.07 Å². The van der Waals surface area contributed by atoms with Crippen LogP contribution in [0.3, 0.4) is 0 Å². The van der Waals surface area contributed by atoms with Gasteiger partial charge in [0.2, 0.25) is 0 Å². The molecule has 0 bridgehead atoms. The van der Waals surface area contributed by atoms with Gasteiger partial charge >= 0.3 is 6.18 Å². The van der Waals surface area contributed by atoms with Crippen LogP contribution in [0.4, 0.5) is 18.9 Å². The lowest BCUT2D eigenvalue weighted by Gasteiger charge is -2.36. The van der Waals surface area contributed by atoms with Crippen molar-refractivity contribution in [2.75, 3.05) is 31.1 Å². The fourth-order valence-electron chi connectivity index (χ4n) is 4.55. The zero-order valence-electron chi connectivity index (χ0n) is 17.1. The van der Waals surface area contributed by atoms with E-state index in [1.807, 2.05) is 4.90 Å². The first-order valence-corrected chi connectivity index (χ1v) is 10.5. The highest BCUT2D eigenvalue weighted by molar-refractivity contribution is 6.02. The lowest BCUT2D eigenvalue weighted by atomic mass is 9.96. The number of hydrogen-bond donors (Lipinski definition) is 0. The zero-order valence-corrected chi connectivity index (χ0v) is 17.1. The lowest BCUT2D eigenvalue weighted by molar-refractivity contribution is -0.137. The summed E-state index contributed by atoms with van der Waals surface area (Å²) in [7, 11) is 0. The molecular weight excluding hydrogens is 397 g/mol. The number of hydrogen-bond acceptors (Lipinski definition) is 2. The van der Waals surface area contributed by atoms with Crippen LogP contribution in [0.25, 0.3) is 21.5 Å². The van der Waals surface area contributed by atoms with Gasteiger partial charge in [0.05, 0.1) is 5.56 Å². The molecule has 0 N–H and O–H groups in total. The van der Waals surface area contributed by atoms with Crippen LogP contribution in [0, 0.1) is 0 Å². The smallest absolute Gasteiger partial charge is 0.369 e. The molecule has 158 valence electrons. The molecule has 4 aromatic rings. The van der Waals surface area contributed by atoms with E-state index in [2.05, 4.69) is 59.5 Å². The minimum atomic E-state index is -4.31. The van der Waals surface area contributed by atoms with Gasteiger partial charge in [-0.05, 0) is 51.4 Å². The van der Waals surface area contributed by atoms with Crippen LogP contribution in [0.15, 0.2) is 78.9 Å². The minimum Gasteiger partial charge on any atom is -0.369 e. The van der Waals surface area contributed by atoms with Crippen molar-refractivity contribution in [2.45, 2.75) is 12.7 Å². The topological polar surface area (TPSA) is 6.48 Å². The van der Waals surface area contributed by atoms with Crippen LogP contribution >= 0.6 is 0 Å². The van der Waals surface area contributed by atoms with Crippen molar-refractivity contribution < 1.29 is 13.2 Å². The minimum absolute atomic E-state index is 0.588. The number of fused-ring (bicyclic) bond motifs is 2. The van der Waals surface area contributed by atoms with Crippen molar-refractivity contribution in [3.8, 4) is 0 Å². The van der Waals surface area contributed by atoms with Crippen molar-refractivity contribution in [3.63, 3.8) is 0 Å². The molecule has 1 heterocycles. The van der Waals surface area contributed by atoms with Crippen molar-refractivity contribution in [1.82, 2.24) is 4.90 Å². The molecule has 0 aromatic heterocycles. The summed E-state index contributed by atoms with van der Waals surface area (Å²) in [6.45, 7) is 3.88. The van der Waals surface area contributed by atoms with Crippen LogP contribution in [0.2, 0.25) is 0 Å². The Bertz CT molecular complexity index is 1170. The predicted molar refractivity (Wildman–Crippen MR) is 120 cm³/mol. The highest BCUT2D eigenvalue weighted by Crippen LogP contribution is 2.33. The number of anilines is 1. The molecule has 4 aromatic carbocycles. The summed E-state index contributed by atoms with van der Waals surface area (Å²) in [5.41, 5.74) is 1.38. The summed E-state index contributed by atoms with van der Waals surface area (Å²) in [5, 5.41) is 5.00. The molecule has 0 aliphatic carbocycles. The maximum atomic E-state index is 13.1. The number of halogens is 3. The van der Waals surface area contributed by atoms with Crippen molar-refractivity contribution in [3.05, 3.63) is 90.0 Å². The number of benzene rings is 4. The quantitative estimate of drug-likeness (QED) is 0.357. The first kappa shape index (κ1) is 19.9. The molecule has 1 fully saturated rings. The van der Waals surface area contributed by atoms with Gasteiger partial charge in [-0.15, -0.1) is 0 Å². The van der Waals surface area contributed by atoms with Gasteiger partial charge in [0.25, 0.3) is 0 Å². The third-order valence-electron chi connectivity index (χ3n) is 6.18. The maximum Gasteiger partial charge on any atom is 0.416 e. The summed E-state index contributed by atoms with van der Waals surface area (Å²) >= 11 is 0. The maximum absolute atomic E-state index is 13.1. The molecule has 5 heteroatoms. The van der Waals surface area contributed by atoms with Gasteiger partial charge in [-0.3, -0.25) is 4.90 Å². The average Bonchev–Trinajstić information content (AvgIpc) is 2.79. The average molecular weight is 420 g/mol. The molecule has 0 unspecified atom stereocenters. The molecule has 0 atom stereocenters. The predicted octanol–water partition coefficient (Wildman–Crippen LogP) is 6.33. The standard InChI is InChI=1S/C26H23F3N2/c27-26(28,29)21-8-5-9-22(17-21)31-14-12-30(13-15-31)18-25-23-10-3-1-6-19(23)16-20-7-2-4-11-24(20)25/h1-11,16-17H,12-15,18H2. The van der Waals surface area contributed by atoms with Crippen molar-refractivity contribution in [1.29, 1.82) is 0 Å². The third kappa shape index (κ3) is 3.98. The largest absolute Gasteiger partial charge is 0.416 e. The van der Waals surface area contributed by atoms with E-state index in [9.17, 15) is 13.2 Å². The van der Waals surface area contributed by atoms with E-state index in [0.29, 0.717) is 18.8 Å². The zero-order chi connectivity index (χ0) is 21.4. The Hall–Kier alpha value is -3.05. The normalized spacial score (nSPS) is 15.6. The Morgan fingerprint density at radius 2 is 1.29 bits per heavy atom. The van der Waals surface area contributed by atoms with Crippen molar-refractivity contribution in [2.24, 2.45) is 0 Å². The Balaban J connectivity index is 1.37. The summed E-state index contributed by atoms with van der Waals surface area (Å²) in [4.78, 5) is 4.45. The second-order valence-electron chi connectivity index (χ2n) is 8.11. The monoisotopic (exact) mass is 420 g/mol. The van der Waals surface area contributed by atoms with Gasteiger partial charge < -0.3 is 4.90 Å². The molecule has 2 nitrogen and oxygen atoms in total. The summed E-state index contributed by atoms with van der Waals surface area (Å²) < 4.78 is 39.2. The Labute approximate surface area is 179 Å². The van der Waals surface area contributed by atoms with Crippen LogP contribution in [-0.2, 0) is 12.7 Å². The van der Waals surface area contributed by atoms with E-state index in [1.165, 1.54) is 39.2 Å². The van der Waals surface area contributed by atoms with E-state index in [0.717, 1.165) is 25.7 Å². The van der Waals surface area contributed by atoms with Crippen molar-refractivity contribution >= 4 is 27.2 Å². The second-order valence-corrected chi connectivity index (χ2v) is 8.11. The van der Waals surface area contributed by atoms with E-state index in [4.69, 9.17) is 0 Å². The lowest BCUT2D eigenvalue weighted by Crippen LogP contribution is -2.46. The van der Waals surface area contributed by atoms with Crippen LogP contribution in [-0.4, -0.2) is 31.1 Å². The van der Waals surface area contributed by atoms with Gasteiger partial charge in [0.1, 0.15) is 0 Å². The number of rotatable bonds is 3. The Morgan fingerprint density at radius 1 is 0.677 bits per heavy atom. The van der Waals surface area contributed by atoms with Gasteiger partial charge in [0, 0.05) is 38.4 Å². The summed E-state index contributed by atoms with van der Waals surface area (Å²) in [6, 6.07) is 24.8. The van der Waals surface area contributed by atoms with Gasteiger partial charge in [-0.1, -0.05) is 54.6 Å². The molecule has 1 saturated heterocycles. The van der Waals surface area contributed by atoms with Crippen LogP contribution in [0.5, 0.6) is 0 Å². The summed E-state index contributed by atoms with van der Waals surface area (Å²) in [6.07, 6.45) is -4.31. The van der Waals surface area contributed by atoms with E-state index in [-0.39, 0.29) is 0 Å². The molecular formula is C26H23F3N2. The fraction of sp³-hybridized carbons (Fsp3) is 0.231. The van der Waals surface area contributed by atoms with E-state index < -0.39 is 11.7 Å². The SMILES string of the molecule is FC(F)(F)c1cccc(N2CCN(Cc3c4ccccc4cc4ccccc34)CC2)c1. The molecule has 0 radical (unpaired) electrons. The Morgan fingerprint density at radius 3 is 1.90 bits per heavy atom. The molecule has 1 aliphatic rings. The highest BCUT2D eigenvalue weighted by Gasteiger charge is 2.31. The molecule has 0 spiro atoms. The molecule has 1 aliphatic heterocycles. The third-order valence-corrected chi connectivity index (χ3v) is 6.18. The number of nitrogens with zero attached hydrogens (tertiary/aromatic N) is 2. The summed E-state index contributed by atoms with van der Waals surface area (Å²) in [5.74, 6) is 0. The van der Waals surface area contributed by atoms with Gasteiger partial charge in [-0.25, -0.2) is 0 Å². The number of piperazine rings is 1. The highest BCUT2D eigenvalue weighted by atomic mass is 19.4. The first-order valence-electron chi connectivity index (χ1n) is 10.5. The van der Waals surface area contributed by atoms with E-state index >= 15 is 0 Å². The fourth-order valence-corrected chi connectivity index (χ4v) is 4.55. The second kappa shape index (κ2) is 7.89. The van der Waals surface area contributed by atoms with Crippen LogP contribution in [0.1, 0.15) is 11.1 Å². The molecule has 31 heavy (non-hydrogen) atoms. The number of alkyl halides is 3. The molecule has 0 saturated carbocycles. The first-order chi connectivity index (χ1) is 15.0. The van der Waals surface area contributed by atoms with Gasteiger partial charge in [-0.2, -0.15) is 13.2 Å².